The summed E-state index contributed by atoms with van der Waals surface area (Å²) in [6.45, 7) is 8.92. The summed E-state index contributed by atoms with van der Waals surface area (Å²) in [6, 6.07) is 10.2. The molecule has 4 atom stereocenters. The number of aromatic amines is 1. The number of rotatable bonds is 9. The second-order valence-electron chi connectivity index (χ2n) is 12.4. The van der Waals surface area contributed by atoms with E-state index in [1.165, 1.54) is 37.4 Å². The molecule has 5 rings (SSSR count). The maximum absolute atomic E-state index is 13.1. The van der Waals surface area contributed by atoms with E-state index in [0.717, 1.165) is 11.3 Å². The van der Waals surface area contributed by atoms with Gasteiger partial charge in [-0.1, -0.05) is 23.3 Å². The van der Waals surface area contributed by atoms with Crippen molar-refractivity contribution in [3.63, 3.8) is 0 Å². The number of aliphatic hydroxyl groups excluding tert-OH is 1. The van der Waals surface area contributed by atoms with E-state index in [-0.39, 0.29) is 38.7 Å². The topological polar surface area (TPSA) is 190 Å². The molecule has 3 unspecified atom stereocenters. The average molecular weight is 697 g/mol. The van der Waals surface area contributed by atoms with Crippen LogP contribution in [0.4, 0.5) is 5.69 Å². The number of allylic oxidation sites excluding steroid dienone is 2. The van der Waals surface area contributed by atoms with Gasteiger partial charge in [0, 0.05) is 18.4 Å². The highest BCUT2D eigenvalue weighted by molar-refractivity contribution is 6.36. The number of anilines is 1. The number of ether oxygens (including phenoxy) is 4. The second-order valence-corrected chi connectivity index (χ2v) is 12.8. The third-order valence-electron chi connectivity index (χ3n) is 8.07. The van der Waals surface area contributed by atoms with Crippen LogP contribution in [0.1, 0.15) is 59.8 Å². The Kier molecular flexibility index (Phi) is 10.1. The molecule has 2 aromatic heterocycles. The van der Waals surface area contributed by atoms with Gasteiger partial charge in [-0.3, -0.25) is 4.79 Å². The van der Waals surface area contributed by atoms with Crippen LogP contribution in [0, 0.1) is 6.92 Å². The second kappa shape index (κ2) is 14.0. The number of fused-ring (bicyclic) bond motifs is 1. The number of amides is 1. The van der Waals surface area contributed by atoms with E-state index < -0.39 is 59.1 Å². The van der Waals surface area contributed by atoms with E-state index in [9.17, 15) is 29.7 Å². The lowest BCUT2D eigenvalue weighted by Gasteiger charge is -2.47. The standard InChI is InChI=1S/C35H37ClN2O11/c1-16(2)7-9-18-15-19(10-13-22(18)39)31(42)38-25-26(40)20-11-14-23(24(36)28(20)47-33(25)44)46-34-27(41)29(30(45-6)35(4,5)49-34)48-32(43)21-12-8-17(3)37-21/h7-8,10-15,27,29-30,34,37,39-41H,9H2,1-6H3,(H,38,42)/t27?,29?,30?,34-/m1/s1. The Morgan fingerprint density at radius 1 is 1.12 bits per heavy atom. The van der Waals surface area contributed by atoms with Crippen molar-refractivity contribution in [1.82, 2.24) is 4.98 Å². The molecule has 1 aliphatic heterocycles. The number of methoxy groups -OCH3 is 1. The van der Waals surface area contributed by atoms with Crippen molar-refractivity contribution in [3.8, 4) is 17.2 Å². The number of nitrogens with one attached hydrogen (secondary N) is 2. The van der Waals surface area contributed by atoms with Crippen LogP contribution in [-0.4, -0.2) is 69.5 Å². The minimum Gasteiger partial charge on any atom is -0.508 e. The molecule has 3 heterocycles. The number of carbonyl (C=O) groups excluding carboxylic acids is 2. The van der Waals surface area contributed by atoms with Crippen molar-refractivity contribution in [2.45, 2.75) is 71.2 Å². The highest BCUT2D eigenvalue weighted by atomic mass is 35.5. The Morgan fingerprint density at radius 3 is 2.51 bits per heavy atom. The third-order valence-corrected chi connectivity index (χ3v) is 8.43. The SMILES string of the molecule is COC1C(OC(=O)c2ccc(C)[nH]2)C(O)[C@H](Oc2ccc3c(O)c(NC(=O)c4ccc(O)c(CC=C(C)C)c4)c(=O)oc3c2Cl)OC1(C)C. The number of hydrogen-bond acceptors (Lipinski definition) is 11. The first-order valence-electron chi connectivity index (χ1n) is 15.3. The van der Waals surface area contributed by atoms with E-state index in [2.05, 4.69) is 10.3 Å². The van der Waals surface area contributed by atoms with Gasteiger partial charge in [-0.05, 0) is 89.1 Å². The van der Waals surface area contributed by atoms with Crippen LogP contribution >= 0.6 is 11.6 Å². The van der Waals surface area contributed by atoms with E-state index in [1.807, 2.05) is 19.9 Å². The molecule has 1 fully saturated rings. The predicted molar refractivity (Wildman–Crippen MR) is 179 cm³/mol. The predicted octanol–water partition coefficient (Wildman–Crippen LogP) is 5.37. The van der Waals surface area contributed by atoms with Gasteiger partial charge in [0.05, 0.1) is 11.0 Å². The minimum atomic E-state index is -1.56. The Bertz CT molecular complexity index is 1990. The van der Waals surface area contributed by atoms with Crippen LogP contribution in [0.3, 0.4) is 0 Å². The van der Waals surface area contributed by atoms with Gasteiger partial charge in [0.1, 0.15) is 28.3 Å². The highest BCUT2D eigenvalue weighted by Gasteiger charge is 2.53. The van der Waals surface area contributed by atoms with E-state index >= 15 is 0 Å². The number of aryl methyl sites for hydroxylation is 1. The average Bonchev–Trinajstić information content (AvgIpc) is 3.48. The number of benzene rings is 2. The summed E-state index contributed by atoms with van der Waals surface area (Å²) in [4.78, 5) is 41.9. The van der Waals surface area contributed by atoms with Gasteiger partial charge < -0.3 is 49.0 Å². The molecule has 14 heteroatoms. The zero-order valence-corrected chi connectivity index (χ0v) is 28.4. The van der Waals surface area contributed by atoms with Gasteiger partial charge in [-0.2, -0.15) is 0 Å². The van der Waals surface area contributed by atoms with Crippen LogP contribution in [0.25, 0.3) is 11.0 Å². The molecule has 0 spiro atoms. The molecule has 1 amide bonds. The van der Waals surface area contributed by atoms with Crippen LogP contribution < -0.4 is 15.7 Å². The summed E-state index contributed by atoms with van der Waals surface area (Å²) in [5, 5.41) is 34.6. The number of halogens is 1. The fraction of sp³-hybridized carbons (Fsp3) is 0.343. The first kappa shape index (κ1) is 35.5. The maximum atomic E-state index is 13.1. The van der Waals surface area contributed by atoms with E-state index in [1.54, 1.807) is 32.9 Å². The lowest BCUT2D eigenvalue weighted by Crippen LogP contribution is -2.65. The van der Waals surface area contributed by atoms with Crippen LogP contribution in [0.15, 0.2) is 63.3 Å². The molecule has 0 aliphatic carbocycles. The fourth-order valence-electron chi connectivity index (χ4n) is 5.53. The zero-order chi connectivity index (χ0) is 35.8. The molecule has 49 heavy (non-hydrogen) atoms. The first-order valence-corrected chi connectivity index (χ1v) is 15.7. The number of esters is 1. The molecule has 13 nitrogen and oxygen atoms in total. The number of phenols is 1. The summed E-state index contributed by atoms with van der Waals surface area (Å²) < 4.78 is 28.6. The molecule has 2 aromatic carbocycles. The molecular weight excluding hydrogens is 660 g/mol. The Morgan fingerprint density at radius 2 is 1.86 bits per heavy atom. The summed E-state index contributed by atoms with van der Waals surface area (Å²) in [7, 11) is 1.39. The van der Waals surface area contributed by atoms with Crippen molar-refractivity contribution in [3.05, 3.63) is 92.1 Å². The van der Waals surface area contributed by atoms with Crippen molar-refractivity contribution < 1.29 is 48.3 Å². The number of aliphatic hydroxyl groups is 1. The van der Waals surface area contributed by atoms with Crippen LogP contribution in [-0.2, 0) is 20.6 Å². The number of aromatic hydroxyl groups is 2. The highest BCUT2D eigenvalue weighted by Crippen LogP contribution is 2.41. The number of phenolic OH excluding ortho intramolecular Hbond substituents is 1. The van der Waals surface area contributed by atoms with Gasteiger partial charge in [-0.15, -0.1) is 0 Å². The van der Waals surface area contributed by atoms with Gasteiger partial charge in [0.15, 0.2) is 29.2 Å². The normalized spacial score (nSPS) is 20.1. The summed E-state index contributed by atoms with van der Waals surface area (Å²) >= 11 is 6.58. The van der Waals surface area contributed by atoms with Gasteiger partial charge >= 0.3 is 11.6 Å². The van der Waals surface area contributed by atoms with Gasteiger partial charge in [0.25, 0.3) is 5.91 Å². The summed E-state index contributed by atoms with van der Waals surface area (Å²) in [6.07, 6.45) is -2.87. The lowest BCUT2D eigenvalue weighted by atomic mass is 9.89. The maximum Gasteiger partial charge on any atom is 0.364 e. The van der Waals surface area contributed by atoms with Gasteiger partial charge in [-0.25, -0.2) is 9.59 Å². The minimum absolute atomic E-state index is 0.00573. The molecule has 0 saturated carbocycles. The molecule has 260 valence electrons. The Labute approximate surface area is 286 Å². The van der Waals surface area contributed by atoms with Gasteiger partial charge in [0.2, 0.25) is 6.29 Å². The zero-order valence-electron chi connectivity index (χ0n) is 27.6. The number of H-pyrrole nitrogens is 1. The monoisotopic (exact) mass is 696 g/mol. The van der Waals surface area contributed by atoms with Crippen LogP contribution in [0.2, 0.25) is 5.02 Å². The molecule has 1 saturated heterocycles. The van der Waals surface area contributed by atoms with Crippen molar-refractivity contribution in [2.24, 2.45) is 0 Å². The lowest BCUT2D eigenvalue weighted by molar-refractivity contribution is -0.305. The number of aromatic nitrogens is 1. The quantitative estimate of drug-likeness (QED) is 0.0859. The molecule has 1 aliphatic rings. The van der Waals surface area contributed by atoms with Crippen LogP contribution in [0.5, 0.6) is 17.2 Å². The van der Waals surface area contributed by atoms with E-state index in [4.69, 9.17) is 35.0 Å². The summed E-state index contributed by atoms with van der Waals surface area (Å²) in [5.74, 6) is -2.16. The largest absolute Gasteiger partial charge is 0.508 e. The van der Waals surface area contributed by atoms with E-state index in [0.29, 0.717) is 12.0 Å². The summed E-state index contributed by atoms with van der Waals surface area (Å²) in [5.41, 5.74) is -0.464. The molecule has 0 radical (unpaired) electrons. The third kappa shape index (κ3) is 7.30. The first-order chi connectivity index (χ1) is 23.1. The molecular formula is C35H37ClN2O11. The number of carbonyl (C=O) groups is 2. The van der Waals surface area contributed by atoms with Crippen molar-refractivity contribution in [1.29, 1.82) is 0 Å². The molecule has 0 bridgehead atoms. The fourth-order valence-corrected chi connectivity index (χ4v) is 5.78. The Balaban J connectivity index is 1.40. The van der Waals surface area contributed by atoms with Crippen molar-refractivity contribution in [2.75, 3.05) is 12.4 Å². The molecule has 4 aromatic rings. The number of hydrogen-bond donors (Lipinski definition) is 5. The molecule has 5 N–H and O–H groups in total. The smallest absolute Gasteiger partial charge is 0.364 e. The van der Waals surface area contributed by atoms with Crippen molar-refractivity contribution >= 4 is 40.1 Å². The Hall–Kier alpha value is -4.82.